The van der Waals surface area contributed by atoms with Gasteiger partial charge in [-0.2, -0.15) is 0 Å². The Balaban J connectivity index is 2.70. The van der Waals surface area contributed by atoms with Crippen molar-refractivity contribution >= 4 is 5.69 Å². The van der Waals surface area contributed by atoms with Gasteiger partial charge < -0.3 is 11.1 Å². The van der Waals surface area contributed by atoms with Gasteiger partial charge in [0, 0.05) is 19.0 Å². The third-order valence-electron chi connectivity index (χ3n) is 1.59. The van der Waals surface area contributed by atoms with Crippen molar-refractivity contribution in [1.29, 1.82) is 0 Å². The first-order valence-corrected chi connectivity index (χ1v) is 4.28. The highest BCUT2D eigenvalue weighted by atomic mass is 19.1. The lowest BCUT2D eigenvalue weighted by Gasteiger charge is -1.95. The highest BCUT2D eigenvalue weighted by Gasteiger charge is 1.97. The van der Waals surface area contributed by atoms with Crippen LogP contribution >= 0.6 is 0 Å². The second-order valence-corrected chi connectivity index (χ2v) is 2.75. The van der Waals surface area contributed by atoms with Crippen molar-refractivity contribution < 1.29 is 4.39 Å². The predicted octanol–water partition coefficient (Wildman–Crippen LogP) is 0.764. The Morgan fingerprint density at radius 1 is 1.64 bits per heavy atom. The Kier molecular flexibility index (Phi) is 3.89. The first-order valence-electron chi connectivity index (χ1n) is 4.28. The van der Waals surface area contributed by atoms with E-state index in [-0.39, 0.29) is 5.69 Å². The van der Waals surface area contributed by atoms with Crippen LogP contribution in [0.3, 0.4) is 0 Å². The first kappa shape index (κ1) is 10.5. The van der Waals surface area contributed by atoms with E-state index in [2.05, 4.69) is 22.1 Å². The van der Waals surface area contributed by atoms with Crippen molar-refractivity contribution in [1.82, 2.24) is 10.3 Å². The molecule has 0 aliphatic heterocycles. The SMILES string of the molecule is CNCCC#Cc1ncc(F)cc1N. The molecule has 0 saturated heterocycles. The lowest BCUT2D eigenvalue weighted by atomic mass is 10.3. The second kappa shape index (κ2) is 5.20. The molecular weight excluding hydrogens is 181 g/mol. The molecule has 0 atom stereocenters. The molecule has 4 heteroatoms. The van der Waals surface area contributed by atoms with Gasteiger partial charge in [0.25, 0.3) is 0 Å². The molecule has 1 rings (SSSR count). The number of nitrogens with one attached hydrogen (secondary N) is 1. The maximum atomic E-state index is 12.6. The Bertz CT molecular complexity index is 365. The average molecular weight is 193 g/mol. The molecule has 0 saturated carbocycles. The van der Waals surface area contributed by atoms with Gasteiger partial charge in [-0.1, -0.05) is 5.92 Å². The van der Waals surface area contributed by atoms with Crippen molar-refractivity contribution in [2.75, 3.05) is 19.3 Å². The van der Waals surface area contributed by atoms with Crippen LogP contribution in [0, 0.1) is 17.7 Å². The van der Waals surface area contributed by atoms with Gasteiger partial charge in [0.2, 0.25) is 0 Å². The van der Waals surface area contributed by atoms with Gasteiger partial charge in [0.1, 0.15) is 11.5 Å². The van der Waals surface area contributed by atoms with Crippen LogP contribution in [0.1, 0.15) is 12.1 Å². The summed E-state index contributed by atoms with van der Waals surface area (Å²) in [5.41, 5.74) is 6.23. The number of anilines is 1. The molecule has 0 amide bonds. The summed E-state index contributed by atoms with van der Waals surface area (Å²) in [7, 11) is 1.85. The molecule has 0 radical (unpaired) electrons. The Hall–Kier alpha value is -1.60. The molecule has 0 fully saturated rings. The van der Waals surface area contributed by atoms with Crippen LogP contribution in [0.15, 0.2) is 12.3 Å². The number of pyridine rings is 1. The van der Waals surface area contributed by atoms with Gasteiger partial charge in [-0.05, 0) is 13.0 Å². The Morgan fingerprint density at radius 2 is 2.43 bits per heavy atom. The summed E-state index contributed by atoms with van der Waals surface area (Å²) >= 11 is 0. The molecule has 14 heavy (non-hydrogen) atoms. The number of nitrogen functional groups attached to an aromatic ring is 1. The van der Waals surface area contributed by atoms with Crippen LogP contribution in [-0.2, 0) is 0 Å². The minimum absolute atomic E-state index is 0.280. The molecule has 0 aliphatic rings. The normalized spacial score (nSPS) is 9.29. The molecule has 0 aliphatic carbocycles. The third-order valence-corrected chi connectivity index (χ3v) is 1.59. The molecule has 3 nitrogen and oxygen atoms in total. The molecule has 1 aromatic rings. The third kappa shape index (κ3) is 3.04. The fraction of sp³-hybridized carbons (Fsp3) is 0.300. The zero-order valence-corrected chi connectivity index (χ0v) is 7.97. The van der Waals surface area contributed by atoms with Crippen molar-refractivity contribution in [2.24, 2.45) is 0 Å². The minimum Gasteiger partial charge on any atom is -0.396 e. The largest absolute Gasteiger partial charge is 0.396 e. The molecule has 0 unspecified atom stereocenters. The van der Waals surface area contributed by atoms with Crippen LogP contribution in [-0.4, -0.2) is 18.6 Å². The molecular formula is C10H12FN3. The lowest BCUT2D eigenvalue weighted by molar-refractivity contribution is 0.622. The number of hydrogen-bond donors (Lipinski definition) is 2. The lowest BCUT2D eigenvalue weighted by Crippen LogP contribution is -2.06. The second-order valence-electron chi connectivity index (χ2n) is 2.75. The standard InChI is InChI=1S/C10H12FN3/c1-13-5-3-2-4-10-9(12)6-8(11)7-14-10/h6-7,13H,3,5,12H2,1H3. The Morgan fingerprint density at radius 3 is 3.07 bits per heavy atom. The number of aromatic nitrogens is 1. The van der Waals surface area contributed by atoms with E-state index in [9.17, 15) is 4.39 Å². The van der Waals surface area contributed by atoms with E-state index in [4.69, 9.17) is 5.73 Å². The fourth-order valence-electron chi connectivity index (χ4n) is 0.893. The fourth-order valence-corrected chi connectivity index (χ4v) is 0.893. The van der Waals surface area contributed by atoms with Gasteiger partial charge in [-0.15, -0.1) is 0 Å². The molecule has 1 heterocycles. The van der Waals surface area contributed by atoms with Crippen molar-refractivity contribution in [3.05, 3.63) is 23.8 Å². The summed E-state index contributed by atoms with van der Waals surface area (Å²) in [6.07, 6.45) is 1.83. The van der Waals surface area contributed by atoms with E-state index < -0.39 is 5.82 Å². The van der Waals surface area contributed by atoms with Gasteiger partial charge in [0.05, 0.1) is 11.9 Å². The number of nitrogens with two attached hydrogens (primary N) is 1. The van der Waals surface area contributed by atoms with Crippen molar-refractivity contribution in [3.8, 4) is 11.8 Å². The maximum Gasteiger partial charge on any atom is 0.143 e. The molecule has 1 aromatic heterocycles. The highest BCUT2D eigenvalue weighted by Crippen LogP contribution is 2.07. The number of nitrogens with zero attached hydrogens (tertiary/aromatic N) is 1. The molecule has 0 bridgehead atoms. The summed E-state index contributed by atoms with van der Waals surface area (Å²) < 4.78 is 12.6. The van der Waals surface area contributed by atoms with Crippen LogP contribution in [0.25, 0.3) is 0 Å². The highest BCUT2D eigenvalue weighted by molar-refractivity contribution is 5.51. The minimum atomic E-state index is -0.441. The quantitative estimate of drug-likeness (QED) is 0.538. The van der Waals surface area contributed by atoms with Crippen LogP contribution in [0.4, 0.5) is 10.1 Å². The topological polar surface area (TPSA) is 50.9 Å². The number of hydrogen-bond acceptors (Lipinski definition) is 3. The van der Waals surface area contributed by atoms with Crippen LogP contribution in [0.2, 0.25) is 0 Å². The smallest absolute Gasteiger partial charge is 0.143 e. The maximum absolute atomic E-state index is 12.6. The first-order chi connectivity index (χ1) is 6.74. The van der Waals surface area contributed by atoms with Gasteiger partial charge in [-0.3, -0.25) is 0 Å². The van der Waals surface area contributed by atoms with Crippen molar-refractivity contribution in [3.63, 3.8) is 0 Å². The van der Waals surface area contributed by atoms with E-state index in [0.29, 0.717) is 5.69 Å². The Labute approximate surface area is 82.5 Å². The monoisotopic (exact) mass is 193 g/mol. The predicted molar refractivity (Wildman–Crippen MR) is 54.0 cm³/mol. The zero-order chi connectivity index (χ0) is 10.4. The summed E-state index contributed by atoms with van der Waals surface area (Å²) in [5.74, 6) is 5.23. The zero-order valence-electron chi connectivity index (χ0n) is 7.97. The summed E-state index contributed by atoms with van der Waals surface area (Å²) in [5, 5.41) is 2.96. The average Bonchev–Trinajstić information content (AvgIpc) is 2.15. The number of halogens is 1. The van der Waals surface area contributed by atoms with E-state index in [1.54, 1.807) is 0 Å². The molecule has 74 valence electrons. The van der Waals surface area contributed by atoms with E-state index in [1.165, 1.54) is 6.07 Å². The van der Waals surface area contributed by atoms with E-state index >= 15 is 0 Å². The van der Waals surface area contributed by atoms with Gasteiger partial charge in [-0.25, -0.2) is 9.37 Å². The summed E-state index contributed by atoms with van der Waals surface area (Å²) in [4.78, 5) is 3.78. The van der Waals surface area contributed by atoms with Gasteiger partial charge >= 0.3 is 0 Å². The van der Waals surface area contributed by atoms with Crippen LogP contribution in [0.5, 0.6) is 0 Å². The van der Waals surface area contributed by atoms with E-state index in [1.807, 2.05) is 7.05 Å². The summed E-state index contributed by atoms with van der Waals surface area (Å²) in [6, 6.07) is 1.22. The van der Waals surface area contributed by atoms with Crippen LogP contribution < -0.4 is 11.1 Å². The summed E-state index contributed by atoms with van der Waals surface area (Å²) in [6.45, 7) is 0.814. The van der Waals surface area contributed by atoms with E-state index in [0.717, 1.165) is 19.2 Å². The van der Waals surface area contributed by atoms with Gasteiger partial charge in [0.15, 0.2) is 0 Å². The molecule has 0 spiro atoms. The number of rotatable bonds is 2. The molecule has 3 N–H and O–H groups in total. The molecule has 0 aromatic carbocycles. The van der Waals surface area contributed by atoms with Crippen molar-refractivity contribution in [2.45, 2.75) is 6.42 Å².